The zero-order valence-corrected chi connectivity index (χ0v) is 22.1. The highest BCUT2D eigenvalue weighted by atomic mass is 19.4. The van der Waals surface area contributed by atoms with Gasteiger partial charge in [-0.25, -0.2) is 0 Å². The van der Waals surface area contributed by atoms with Gasteiger partial charge in [0, 0.05) is 69.2 Å². The van der Waals surface area contributed by atoms with Gasteiger partial charge in [-0.3, -0.25) is 19.3 Å². The molecule has 4 rings (SSSR count). The lowest BCUT2D eigenvalue weighted by atomic mass is 10.0. The van der Waals surface area contributed by atoms with Crippen LogP contribution >= 0.6 is 0 Å². The molecule has 2 saturated heterocycles. The molecule has 2 aliphatic rings. The largest absolute Gasteiger partial charge is 0.416 e. The molecule has 2 aromatic rings. The van der Waals surface area contributed by atoms with Gasteiger partial charge < -0.3 is 20.4 Å². The highest BCUT2D eigenvalue weighted by Gasteiger charge is 2.32. The topological polar surface area (TPSA) is 85.0 Å². The van der Waals surface area contributed by atoms with Gasteiger partial charge in [-0.05, 0) is 61.7 Å². The highest BCUT2D eigenvalue weighted by molar-refractivity contribution is 5.96. The third-order valence-corrected chi connectivity index (χ3v) is 7.31. The summed E-state index contributed by atoms with van der Waals surface area (Å²) in [6.45, 7) is 3.09. The summed E-state index contributed by atoms with van der Waals surface area (Å²) in [5.41, 5.74) is 0.710. The SMILES string of the molecule is CN(C)C(=O)c1ccc(N2CCC(N3CC[C@@H](NC(=O)CNC(=O)c4cccc(C(F)(F)F)c4)C3)CC2)cc1. The fraction of sp³-hybridized carbons (Fsp3) is 0.464. The van der Waals surface area contributed by atoms with E-state index < -0.39 is 17.6 Å². The number of benzene rings is 2. The Morgan fingerprint density at radius 3 is 2.28 bits per heavy atom. The maximum atomic E-state index is 12.9. The highest BCUT2D eigenvalue weighted by Crippen LogP contribution is 2.29. The number of hydrogen-bond donors (Lipinski definition) is 2. The average Bonchev–Trinajstić information content (AvgIpc) is 3.39. The Morgan fingerprint density at radius 1 is 0.949 bits per heavy atom. The number of hydrogen-bond acceptors (Lipinski definition) is 5. The fourth-order valence-corrected chi connectivity index (χ4v) is 5.18. The molecule has 0 saturated carbocycles. The van der Waals surface area contributed by atoms with Gasteiger partial charge in [0.15, 0.2) is 0 Å². The monoisotopic (exact) mass is 545 g/mol. The minimum atomic E-state index is -4.54. The molecule has 2 N–H and O–H groups in total. The van der Waals surface area contributed by atoms with E-state index in [1.807, 2.05) is 24.3 Å². The molecule has 0 spiro atoms. The number of rotatable bonds is 7. The van der Waals surface area contributed by atoms with Gasteiger partial charge >= 0.3 is 6.18 Å². The van der Waals surface area contributed by atoms with Crippen LogP contribution in [0.15, 0.2) is 48.5 Å². The lowest BCUT2D eigenvalue weighted by Gasteiger charge is -2.38. The van der Waals surface area contributed by atoms with E-state index in [1.54, 1.807) is 19.0 Å². The Hall–Kier alpha value is -3.60. The second-order valence-corrected chi connectivity index (χ2v) is 10.3. The number of amides is 3. The van der Waals surface area contributed by atoms with Crippen LogP contribution in [0.5, 0.6) is 0 Å². The molecule has 1 atom stereocenters. The molecule has 0 unspecified atom stereocenters. The van der Waals surface area contributed by atoms with Crippen molar-refractivity contribution in [3.05, 3.63) is 65.2 Å². The molecule has 0 bridgehead atoms. The second kappa shape index (κ2) is 12.1. The van der Waals surface area contributed by atoms with Crippen LogP contribution in [0.4, 0.5) is 18.9 Å². The van der Waals surface area contributed by atoms with Gasteiger partial charge in [0.05, 0.1) is 12.1 Å². The van der Waals surface area contributed by atoms with E-state index in [2.05, 4.69) is 20.4 Å². The predicted octanol–water partition coefficient (Wildman–Crippen LogP) is 3.00. The van der Waals surface area contributed by atoms with Gasteiger partial charge in [-0.15, -0.1) is 0 Å². The zero-order valence-electron chi connectivity index (χ0n) is 22.1. The Balaban J connectivity index is 1.19. The Labute approximate surface area is 226 Å². The number of likely N-dealkylation sites (tertiary alicyclic amines) is 1. The van der Waals surface area contributed by atoms with E-state index in [0.29, 0.717) is 11.6 Å². The van der Waals surface area contributed by atoms with Gasteiger partial charge in [-0.1, -0.05) is 6.07 Å². The summed E-state index contributed by atoms with van der Waals surface area (Å²) in [7, 11) is 3.47. The molecular formula is C28H34F3N5O3. The number of carbonyl (C=O) groups excluding carboxylic acids is 3. The van der Waals surface area contributed by atoms with Crippen molar-refractivity contribution in [1.29, 1.82) is 0 Å². The van der Waals surface area contributed by atoms with Crippen molar-refractivity contribution in [2.24, 2.45) is 0 Å². The lowest BCUT2D eigenvalue weighted by molar-refractivity contribution is -0.137. The first-order valence-electron chi connectivity index (χ1n) is 13.1. The molecule has 0 radical (unpaired) electrons. The van der Waals surface area contributed by atoms with Crippen molar-refractivity contribution in [1.82, 2.24) is 20.4 Å². The summed E-state index contributed by atoms with van der Waals surface area (Å²) in [5.74, 6) is -1.11. The van der Waals surface area contributed by atoms with E-state index in [4.69, 9.17) is 0 Å². The number of carbonyl (C=O) groups is 3. The van der Waals surface area contributed by atoms with Gasteiger partial charge in [0.1, 0.15) is 0 Å². The van der Waals surface area contributed by atoms with E-state index in [1.165, 1.54) is 12.1 Å². The first-order valence-corrected chi connectivity index (χ1v) is 13.1. The molecule has 11 heteroatoms. The Kier molecular flexibility index (Phi) is 8.79. The number of nitrogens with zero attached hydrogens (tertiary/aromatic N) is 3. The molecule has 2 aromatic carbocycles. The number of alkyl halides is 3. The average molecular weight is 546 g/mol. The molecular weight excluding hydrogens is 511 g/mol. The van der Waals surface area contributed by atoms with Crippen molar-refractivity contribution in [2.75, 3.05) is 51.7 Å². The van der Waals surface area contributed by atoms with Crippen molar-refractivity contribution in [3.8, 4) is 0 Å². The molecule has 2 aliphatic heterocycles. The molecule has 2 heterocycles. The number of halogens is 3. The third-order valence-electron chi connectivity index (χ3n) is 7.31. The molecule has 2 fully saturated rings. The Bertz CT molecular complexity index is 1180. The van der Waals surface area contributed by atoms with Crippen LogP contribution in [0, 0.1) is 0 Å². The van der Waals surface area contributed by atoms with Crippen molar-refractivity contribution in [2.45, 2.75) is 37.5 Å². The summed E-state index contributed by atoms with van der Waals surface area (Å²) in [4.78, 5) is 43.0. The van der Waals surface area contributed by atoms with Crippen LogP contribution in [0.1, 0.15) is 45.5 Å². The van der Waals surface area contributed by atoms with Crippen LogP contribution in [-0.4, -0.2) is 86.4 Å². The van der Waals surface area contributed by atoms with Crippen molar-refractivity contribution >= 4 is 23.4 Å². The quantitative estimate of drug-likeness (QED) is 0.559. The van der Waals surface area contributed by atoms with Gasteiger partial charge in [-0.2, -0.15) is 13.2 Å². The van der Waals surface area contributed by atoms with Crippen molar-refractivity contribution < 1.29 is 27.6 Å². The molecule has 39 heavy (non-hydrogen) atoms. The van der Waals surface area contributed by atoms with Crippen molar-refractivity contribution in [3.63, 3.8) is 0 Å². The molecule has 3 amide bonds. The maximum Gasteiger partial charge on any atom is 0.416 e. The molecule has 0 aliphatic carbocycles. The lowest BCUT2D eigenvalue weighted by Crippen LogP contribution is -2.46. The minimum Gasteiger partial charge on any atom is -0.371 e. The first-order chi connectivity index (χ1) is 18.5. The summed E-state index contributed by atoms with van der Waals surface area (Å²) in [5, 5.41) is 5.33. The third kappa shape index (κ3) is 7.29. The number of anilines is 1. The maximum absolute atomic E-state index is 12.9. The van der Waals surface area contributed by atoms with Gasteiger partial charge in [0.2, 0.25) is 5.91 Å². The minimum absolute atomic E-state index is 0.0194. The summed E-state index contributed by atoms with van der Waals surface area (Å²) in [6, 6.07) is 12.2. The summed E-state index contributed by atoms with van der Waals surface area (Å²) >= 11 is 0. The summed E-state index contributed by atoms with van der Waals surface area (Å²) < 4.78 is 38.6. The van der Waals surface area contributed by atoms with E-state index >= 15 is 0 Å². The molecule has 210 valence electrons. The van der Waals surface area contributed by atoms with Crippen LogP contribution in [0.3, 0.4) is 0 Å². The van der Waals surface area contributed by atoms with Crippen LogP contribution in [-0.2, 0) is 11.0 Å². The molecule has 8 nitrogen and oxygen atoms in total. The fourth-order valence-electron chi connectivity index (χ4n) is 5.18. The van der Waals surface area contributed by atoms with E-state index in [-0.39, 0.29) is 30.0 Å². The predicted molar refractivity (Wildman–Crippen MR) is 142 cm³/mol. The molecule has 0 aromatic heterocycles. The standard InChI is InChI=1S/C28H34F3N5O3/c1-34(2)27(39)19-6-8-23(9-7-19)35-14-11-24(12-15-35)36-13-10-22(18-36)33-25(37)17-32-26(38)20-4-3-5-21(16-20)28(29,30)31/h3-9,16,22,24H,10-15,17-18H2,1-2H3,(H,32,38)(H,33,37)/t22-/m1/s1. The number of piperidine rings is 1. The smallest absolute Gasteiger partial charge is 0.371 e. The number of nitrogens with one attached hydrogen (secondary N) is 2. The van der Waals surface area contributed by atoms with Crippen LogP contribution in [0.2, 0.25) is 0 Å². The first kappa shape index (κ1) is 28.4. The van der Waals surface area contributed by atoms with Gasteiger partial charge in [0.25, 0.3) is 11.8 Å². The Morgan fingerprint density at radius 2 is 1.64 bits per heavy atom. The zero-order chi connectivity index (χ0) is 28.2. The van der Waals surface area contributed by atoms with E-state index in [0.717, 1.165) is 63.3 Å². The van der Waals surface area contributed by atoms with E-state index in [9.17, 15) is 27.6 Å². The second-order valence-electron chi connectivity index (χ2n) is 10.3. The van der Waals surface area contributed by atoms with Crippen LogP contribution in [0.25, 0.3) is 0 Å². The normalized spacial score (nSPS) is 18.6. The summed E-state index contributed by atoms with van der Waals surface area (Å²) in [6.07, 6.45) is -1.76. The van der Waals surface area contributed by atoms with Crippen LogP contribution < -0.4 is 15.5 Å².